The molecule has 3 N–H and O–H groups in total. The van der Waals surface area contributed by atoms with Crippen LogP contribution in [0.1, 0.15) is 19.4 Å². The maximum absolute atomic E-state index is 8.34. The molecule has 0 radical (unpaired) electrons. The van der Waals surface area contributed by atoms with E-state index in [0.717, 1.165) is 42.9 Å². The summed E-state index contributed by atoms with van der Waals surface area (Å²) in [7, 11) is 0. The van der Waals surface area contributed by atoms with Crippen molar-refractivity contribution in [3.63, 3.8) is 0 Å². The summed E-state index contributed by atoms with van der Waals surface area (Å²) in [5.74, 6) is 0.562. The monoisotopic (exact) mass is 284 g/mol. The van der Waals surface area contributed by atoms with E-state index in [-0.39, 0.29) is 0 Å². The number of hydrogen-bond donors (Lipinski definition) is 3. The minimum Gasteiger partial charge on any atom is -0.354 e. The van der Waals surface area contributed by atoms with Gasteiger partial charge in [0.15, 0.2) is 0 Å². The number of piperazine rings is 1. The fourth-order valence-corrected chi connectivity index (χ4v) is 2.46. The first-order valence-corrected chi connectivity index (χ1v) is 7.43. The summed E-state index contributed by atoms with van der Waals surface area (Å²) in [5, 5.41) is 19.9. The van der Waals surface area contributed by atoms with Gasteiger partial charge in [-0.05, 0) is 30.6 Å². The summed E-state index contributed by atoms with van der Waals surface area (Å²) in [6.45, 7) is 7.51. The minimum atomic E-state index is 0.562. The van der Waals surface area contributed by atoms with Crippen molar-refractivity contribution < 1.29 is 0 Å². The number of allylic oxidation sites excluding steroid dienone is 1. The van der Waals surface area contributed by atoms with Crippen molar-refractivity contribution in [1.29, 1.82) is 10.8 Å². The zero-order chi connectivity index (χ0) is 15.2. The van der Waals surface area contributed by atoms with Gasteiger partial charge in [0.05, 0.1) is 0 Å². The summed E-state index contributed by atoms with van der Waals surface area (Å²) in [5.41, 5.74) is 3.57. The molecule has 1 aromatic carbocycles. The van der Waals surface area contributed by atoms with Gasteiger partial charge in [-0.25, -0.2) is 0 Å². The van der Waals surface area contributed by atoms with E-state index in [1.54, 1.807) is 0 Å². The number of rotatable bonds is 4. The summed E-state index contributed by atoms with van der Waals surface area (Å²) in [6.07, 6.45) is 0.624. The Bertz CT molecular complexity index is 539. The second kappa shape index (κ2) is 7.18. The van der Waals surface area contributed by atoms with Gasteiger partial charge in [-0.15, -0.1) is 0 Å². The van der Waals surface area contributed by atoms with Crippen LogP contribution < -0.4 is 5.32 Å². The lowest BCUT2D eigenvalue weighted by molar-refractivity contribution is 0.355. The highest BCUT2D eigenvalue weighted by molar-refractivity contribution is 6.07. The molecule has 21 heavy (non-hydrogen) atoms. The summed E-state index contributed by atoms with van der Waals surface area (Å²) >= 11 is 0. The zero-order valence-corrected chi connectivity index (χ0v) is 12.9. The molecule has 1 fully saturated rings. The number of nitrogens with zero attached hydrogens (tertiary/aromatic N) is 1. The van der Waals surface area contributed by atoms with Gasteiger partial charge in [-0.1, -0.05) is 30.3 Å². The average molecular weight is 284 g/mol. The molecule has 0 aliphatic carbocycles. The molecule has 112 valence electrons. The third kappa shape index (κ3) is 4.02. The van der Waals surface area contributed by atoms with Crippen molar-refractivity contribution in [3.8, 4) is 0 Å². The van der Waals surface area contributed by atoms with Crippen molar-refractivity contribution in [2.75, 3.05) is 26.2 Å². The van der Waals surface area contributed by atoms with Gasteiger partial charge in [-0.3, -0.25) is 5.41 Å². The number of benzene rings is 1. The van der Waals surface area contributed by atoms with Crippen LogP contribution in [-0.2, 0) is 6.42 Å². The first-order valence-electron chi connectivity index (χ1n) is 7.43. The molecule has 4 nitrogen and oxygen atoms in total. The Morgan fingerprint density at radius 1 is 1.05 bits per heavy atom. The van der Waals surface area contributed by atoms with Crippen LogP contribution in [0.4, 0.5) is 0 Å². The van der Waals surface area contributed by atoms with Gasteiger partial charge >= 0.3 is 0 Å². The van der Waals surface area contributed by atoms with Crippen LogP contribution in [0, 0.1) is 10.8 Å². The summed E-state index contributed by atoms with van der Waals surface area (Å²) in [6, 6.07) is 10.1. The third-order valence-corrected chi connectivity index (χ3v) is 4.03. The van der Waals surface area contributed by atoms with E-state index in [0.29, 0.717) is 18.0 Å². The molecule has 0 aromatic heterocycles. The van der Waals surface area contributed by atoms with Gasteiger partial charge in [0, 0.05) is 38.3 Å². The van der Waals surface area contributed by atoms with Gasteiger partial charge in [-0.2, -0.15) is 0 Å². The molecule has 4 heteroatoms. The molecular weight excluding hydrogens is 260 g/mol. The lowest BCUT2D eigenvalue weighted by atomic mass is 9.99. The molecule has 1 saturated heterocycles. The summed E-state index contributed by atoms with van der Waals surface area (Å²) in [4.78, 5) is 2.09. The van der Waals surface area contributed by atoms with Crippen LogP contribution in [-0.4, -0.2) is 42.6 Å². The highest BCUT2D eigenvalue weighted by Crippen LogP contribution is 2.13. The van der Waals surface area contributed by atoms with Gasteiger partial charge in [0.1, 0.15) is 5.84 Å². The van der Waals surface area contributed by atoms with Gasteiger partial charge in [0.25, 0.3) is 0 Å². The molecule has 1 aliphatic heterocycles. The van der Waals surface area contributed by atoms with E-state index in [9.17, 15) is 0 Å². The Balaban J connectivity index is 2.06. The Labute approximate surface area is 126 Å². The third-order valence-electron chi connectivity index (χ3n) is 4.03. The lowest BCUT2D eigenvalue weighted by Gasteiger charge is -2.30. The maximum atomic E-state index is 8.34. The molecule has 1 heterocycles. The first-order chi connectivity index (χ1) is 10.1. The summed E-state index contributed by atoms with van der Waals surface area (Å²) < 4.78 is 0. The SMILES string of the molecule is C/C(C(=N)Cc1ccccc1)=C(\C)C(=N)N1CCNCC1. The lowest BCUT2D eigenvalue weighted by Crippen LogP contribution is -2.46. The number of nitrogens with one attached hydrogen (secondary N) is 3. The quantitative estimate of drug-likeness (QED) is 0.587. The Hall–Kier alpha value is -1.94. The van der Waals surface area contributed by atoms with Crippen molar-refractivity contribution in [2.45, 2.75) is 20.3 Å². The van der Waals surface area contributed by atoms with E-state index in [4.69, 9.17) is 10.8 Å². The number of hydrogen-bond acceptors (Lipinski definition) is 3. The van der Waals surface area contributed by atoms with Crippen molar-refractivity contribution in [1.82, 2.24) is 10.2 Å². The fourth-order valence-electron chi connectivity index (χ4n) is 2.46. The normalized spacial score (nSPS) is 16.4. The van der Waals surface area contributed by atoms with E-state index in [1.165, 1.54) is 0 Å². The smallest absolute Gasteiger partial charge is 0.124 e. The van der Waals surface area contributed by atoms with Gasteiger partial charge < -0.3 is 15.6 Å². The first kappa shape index (κ1) is 15.4. The minimum absolute atomic E-state index is 0.562. The topological polar surface area (TPSA) is 63.0 Å². The Kier molecular flexibility index (Phi) is 5.28. The van der Waals surface area contributed by atoms with Gasteiger partial charge in [0.2, 0.25) is 0 Å². The standard InChI is InChI=1S/C17H24N4/c1-13(16(18)12-15-6-4-3-5-7-15)14(2)17(19)21-10-8-20-9-11-21/h3-7,18-20H,8-12H2,1-2H3/b14-13-,18-16?,19-17?. The van der Waals surface area contributed by atoms with E-state index < -0.39 is 0 Å². The molecular formula is C17H24N4. The van der Waals surface area contributed by atoms with Crippen molar-refractivity contribution in [2.24, 2.45) is 0 Å². The Morgan fingerprint density at radius 2 is 1.67 bits per heavy atom. The number of amidine groups is 1. The zero-order valence-electron chi connectivity index (χ0n) is 12.9. The second-order valence-corrected chi connectivity index (χ2v) is 5.48. The fraction of sp³-hybridized carbons (Fsp3) is 0.412. The average Bonchev–Trinajstić information content (AvgIpc) is 2.54. The molecule has 0 saturated carbocycles. The molecule has 1 aromatic rings. The van der Waals surface area contributed by atoms with Crippen LogP contribution in [0.3, 0.4) is 0 Å². The van der Waals surface area contributed by atoms with E-state index >= 15 is 0 Å². The second-order valence-electron chi connectivity index (χ2n) is 5.48. The highest BCUT2D eigenvalue weighted by Gasteiger charge is 2.17. The van der Waals surface area contributed by atoms with E-state index in [2.05, 4.69) is 10.2 Å². The molecule has 0 bridgehead atoms. The maximum Gasteiger partial charge on any atom is 0.124 e. The molecule has 0 amide bonds. The molecule has 1 aliphatic rings. The van der Waals surface area contributed by atoms with Crippen molar-refractivity contribution in [3.05, 3.63) is 47.0 Å². The molecule has 2 rings (SSSR count). The largest absolute Gasteiger partial charge is 0.354 e. The Morgan fingerprint density at radius 3 is 2.29 bits per heavy atom. The van der Waals surface area contributed by atoms with Crippen LogP contribution in [0.25, 0.3) is 0 Å². The van der Waals surface area contributed by atoms with Crippen LogP contribution in [0.15, 0.2) is 41.5 Å². The van der Waals surface area contributed by atoms with E-state index in [1.807, 2.05) is 44.2 Å². The molecule has 0 atom stereocenters. The van der Waals surface area contributed by atoms with Crippen LogP contribution in [0.2, 0.25) is 0 Å². The molecule has 0 spiro atoms. The van der Waals surface area contributed by atoms with Crippen LogP contribution in [0.5, 0.6) is 0 Å². The highest BCUT2D eigenvalue weighted by atomic mass is 15.2. The molecule has 0 unspecified atom stereocenters. The van der Waals surface area contributed by atoms with Crippen LogP contribution >= 0.6 is 0 Å². The predicted octanol–water partition coefficient (Wildman–Crippen LogP) is 2.47. The van der Waals surface area contributed by atoms with Crippen molar-refractivity contribution >= 4 is 11.5 Å². The predicted molar refractivity (Wildman–Crippen MR) is 88.4 cm³/mol.